The van der Waals surface area contributed by atoms with E-state index in [4.69, 9.17) is 9.47 Å². The highest BCUT2D eigenvalue weighted by Crippen LogP contribution is 2.29. The molecule has 5 heteroatoms. The van der Waals surface area contributed by atoms with Crippen LogP contribution < -0.4 is 10.1 Å². The van der Waals surface area contributed by atoms with Crippen LogP contribution in [0.2, 0.25) is 0 Å². The number of anilines is 1. The van der Waals surface area contributed by atoms with E-state index in [9.17, 15) is 4.79 Å². The van der Waals surface area contributed by atoms with E-state index < -0.39 is 0 Å². The molecule has 0 spiro atoms. The molecule has 5 nitrogen and oxygen atoms in total. The third kappa shape index (κ3) is 4.66. The SMILES string of the molecule is CC(C)(C)C(=O)N1CCC(Nc2ccccc2OC2CCOC2)CC1. The molecule has 1 amide bonds. The van der Waals surface area contributed by atoms with Gasteiger partial charge in [0.25, 0.3) is 0 Å². The highest BCUT2D eigenvalue weighted by Gasteiger charge is 2.30. The first-order valence-electron chi connectivity index (χ1n) is 9.33. The molecule has 0 aliphatic carbocycles. The molecule has 2 aliphatic heterocycles. The molecule has 1 atom stereocenters. The van der Waals surface area contributed by atoms with Crippen molar-refractivity contribution in [2.24, 2.45) is 5.41 Å². The highest BCUT2D eigenvalue weighted by atomic mass is 16.5. The van der Waals surface area contributed by atoms with Crippen molar-refractivity contribution in [2.75, 3.05) is 31.6 Å². The molecule has 3 rings (SSSR count). The minimum atomic E-state index is -0.302. The van der Waals surface area contributed by atoms with Gasteiger partial charge in [-0.05, 0) is 25.0 Å². The summed E-state index contributed by atoms with van der Waals surface area (Å²) in [4.78, 5) is 14.4. The molecule has 2 aliphatic rings. The second-order valence-electron chi connectivity index (χ2n) is 8.06. The highest BCUT2D eigenvalue weighted by molar-refractivity contribution is 5.81. The third-order valence-electron chi connectivity index (χ3n) is 4.85. The van der Waals surface area contributed by atoms with Crippen LogP contribution in [0.25, 0.3) is 0 Å². The van der Waals surface area contributed by atoms with E-state index >= 15 is 0 Å². The Morgan fingerprint density at radius 2 is 1.92 bits per heavy atom. The molecule has 0 aromatic heterocycles. The van der Waals surface area contributed by atoms with E-state index in [1.807, 2.05) is 43.9 Å². The van der Waals surface area contributed by atoms with Crippen LogP contribution in [-0.2, 0) is 9.53 Å². The van der Waals surface area contributed by atoms with Gasteiger partial charge in [-0.3, -0.25) is 4.79 Å². The summed E-state index contributed by atoms with van der Waals surface area (Å²) in [6.45, 7) is 9.03. The summed E-state index contributed by atoms with van der Waals surface area (Å²) in [6.07, 6.45) is 3.02. The maximum atomic E-state index is 12.4. The molecule has 1 aromatic rings. The summed E-state index contributed by atoms with van der Waals surface area (Å²) in [7, 11) is 0. The number of carbonyl (C=O) groups excluding carboxylic acids is 1. The molecule has 25 heavy (non-hydrogen) atoms. The molecule has 1 N–H and O–H groups in total. The fourth-order valence-corrected chi connectivity index (χ4v) is 3.40. The quantitative estimate of drug-likeness (QED) is 0.909. The Morgan fingerprint density at radius 1 is 1.20 bits per heavy atom. The van der Waals surface area contributed by atoms with Gasteiger partial charge in [0, 0.05) is 31.0 Å². The lowest BCUT2D eigenvalue weighted by atomic mass is 9.93. The number of hydrogen-bond donors (Lipinski definition) is 1. The number of rotatable bonds is 4. The fraction of sp³-hybridized carbons (Fsp3) is 0.650. The van der Waals surface area contributed by atoms with Crippen molar-refractivity contribution in [3.8, 4) is 5.75 Å². The predicted molar refractivity (Wildman–Crippen MR) is 99.0 cm³/mol. The van der Waals surface area contributed by atoms with Crippen molar-refractivity contribution in [3.63, 3.8) is 0 Å². The summed E-state index contributed by atoms with van der Waals surface area (Å²) < 4.78 is 11.5. The van der Waals surface area contributed by atoms with Crippen molar-refractivity contribution in [2.45, 2.75) is 52.2 Å². The number of para-hydroxylation sites is 2. The Balaban J connectivity index is 1.56. The van der Waals surface area contributed by atoms with Crippen molar-refractivity contribution in [3.05, 3.63) is 24.3 Å². The molecule has 1 aromatic carbocycles. The summed E-state index contributed by atoms with van der Waals surface area (Å²) in [6, 6.07) is 8.48. The van der Waals surface area contributed by atoms with Crippen LogP contribution >= 0.6 is 0 Å². The second kappa shape index (κ2) is 7.65. The first kappa shape index (κ1) is 18.1. The number of likely N-dealkylation sites (tertiary alicyclic amines) is 1. The summed E-state index contributed by atoms with van der Waals surface area (Å²) >= 11 is 0. The minimum Gasteiger partial charge on any atom is -0.486 e. The number of piperidine rings is 1. The van der Waals surface area contributed by atoms with Gasteiger partial charge in [0.1, 0.15) is 11.9 Å². The van der Waals surface area contributed by atoms with E-state index in [-0.39, 0.29) is 17.4 Å². The van der Waals surface area contributed by atoms with Gasteiger partial charge in [-0.15, -0.1) is 0 Å². The zero-order valence-electron chi connectivity index (χ0n) is 15.6. The van der Waals surface area contributed by atoms with Crippen molar-refractivity contribution in [1.82, 2.24) is 4.90 Å². The lowest BCUT2D eigenvalue weighted by molar-refractivity contribution is -0.140. The molecule has 0 radical (unpaired) electrons. The van der Waals surface area contributed by atoms with Crippen LogP contribution in [0.3, 0.4) is 0 Å². The Morgan fingerprint density at radius 3 is 2.56 bits per heavy atom. The van der Waals surface area contributed by atoms with Crippen LogP contribution in [0.5, 0.6) is 5.75 Å². The van der Waals surface area contributed by atoms with Gasteiger partial charge < -0.3 is 19.7 Å². The average Bonchev–Trinajstić information content (AvgIpc) is 3.09. The molecular weight excluding hydrogens is 316 g/mol. The number of amides is 1. The first-order valence-corrected chi connectivity index (χ1v) is 9.33. The molecule has 0 bridgehead atoms. The Bertz CT molecular complexity index is 583. The van der Waals surface area contributed by atoms with Crippen LogP contribution in [0, 0.1) is 5.41 Å². The van der Waals surface area contributed by atoms with E-state index in [0.29, 0.717) is 12.6 Å². The Labute approximate surface area is 150 Å². The van der Waals surface area contributed by atoms with E-state index in [2.05, 4.69) is 11.4 Å². The van der Waals surface area contributed by atoms with Gasteiger partial charge in [-0.2, -0.15) is 0 Å². The lowest BCUT2D eigenvalue weighted by Gasteiger charge is -2.36. The Kier molecular flexibility index (Phi) is 5.52. The van der Waals surface area contributed by atoms with Crippen molar-refractivity contribution >= 4 is 11.6 Å². The fourth-order valence-electron chi connectivity index (χ4n) is 3.40. The largest absolute Gasteiger partial charge is 0.486 e. The number of nitrogens with one attached hydrogen (secondary N) is 1. The van der Waals surface area contributed by atoms with Gasteiger partial charge in [0.2, 0.25) is 5.91 Å². The maximum absolute atomic E-state index is 12.4. The molecule has 138 valence electrons. The summed E-state index contributed by atoms with van der Waals surface area (Å²) in [5.74, 6) is 1.14. The molecule has 2 fully saturated rings. The number of hydrogen-bond acceptors (Lipinski definition) is 4. The third-order valence-corrected chi connectivity index (χ3v) is 4.85. The molecular formula is C20H30N2O3. The van der Waals surface area contributed by atoms with Crippen LogP contribution in [0.1, 0.15) is 40.0 Å². The maximum Gasteiger partial charge on any atom is 0.227 e. The first-order chi connectivity index (χ1) is 11.9. The zero-order valence-corrected chi connectivity index (χ0v) is 15.6. The van der Waals surface area contributed by atoms with Gasteiger partial charge in [-0.25, -0.2) is 0 Å². The van der Waals surface area contributed by atoms with E-state index in [1.165, 1.54) is 0 Å². The van der Waals surface area contributed by atoms with Crippen LogP contribution in [0.15, 0.2) is 24.3 Å². The molecule has 0 saturated carbocycles. The molecule has 2 heterocycles. The van der Waals surface area contributed by atoms with Crippen LogP contribution in [-0.4, -0.2) is 49.3 Å². The minimum absolute atomic E-state index is 0.147. The lowest BCUT2D eigenvalue weighted by Crippen LogP contribution is -2.46. The predicted octanol–water partition coefficient (Wildman–Crippen LogP) is 3.30. The van der Waals surface area contributed by atoms with Gasteiger partial charge in [-0.1, -0.05) is 32.9 Å². The molecule has 1 unspecified atom stereocenters. The van der Waals surface area contributed by atoms with E-state index in [1.54, 1.807) is 0 Å². The second-order valence-corrected chi connectivity index (χ2v) is 8.06. The van der Waals surface area contributed by atoms with Gasteiger partial charge in [0.05, 0.1) is 18.9 Å². The zero-order chi connectivity index (χ0) is 17.9. The average molecular weight is 346 g/mol. The van der Waals surface area contributed by atoms with Gasteiger partial charge in [0.15, 0.2) is 0 Å². The summed E-state index contributed by atoms with van der Waals surface area (Å²) in [5, 5.41) is 3.62. The Hall–Kier alpha value is -1.75. The number of benzene rings is 1. The monoisotopic (exact) mass is 346 g/mol. The van der Waals surface area contributed by atoms with E-state index in [0.717, 1.165) is 50.4 Å². The van der Waals surface area contributed by atoms with Crippen LogP contribution in [0.4, 0.5) is 5.69 Å². The summed E-state index contributed by atoms with van der Waals surface area (Å²) in [5.41, 5.74) is 0.736. The number of ether oxygens (including phenoxy) is 2. The number of carbonyl (C=O) groups is 1. The normalized spacial score (nSPS) is 22.0. The van der Waals surface area contributed by atoms with Crippen molar-refractivity contribution in [1.29, 1.82) is 0 Å². The molecule has 2 saturated heterocycles. The topological polar surface area (TPSA) is 50.8 Å². The smallest absolute Gasteiger partial charge is 0.227 e. The van der Waals surface area contributed by atoms with Gasteiger partial charge >= 0.3 is 0 Å². The number of nitrogens with zero attached hydrogens (tertiary/aromatic N) is 1. The van der Waals surface area contributed by atoms with Crippen molar-refractivity contribution < 1.29 is 14.3 Å². The standard InChI is InChI=1S/C20H30N2O3/c1-20(2,3)19(23)22-11-8-15(9-12-22)21-17-6-4-5-7-18(17)25-16-10-13-24-14-16/h4-7,15-16,21H,8-14H2,1-3H3.